The average Bonchev–Trinajstić information content (AvgIpc) is 2.58. The largest absolute Gasteiger partial charge is 0.508 e. The first-order chi connectivity index (χ1) is 12.3. The van der Waals surface area contributed by atoms with Crippen LogP contribution in [0.5, 0.6) is 23.0 Å². The molecular formula is C16H11N3O7. The third kappa shape index (κ3) is 2.98. The van der Waals surface area contributed by atoms with Gasteiger partial charge in [-0.3, -0.25) is 4.98 Å². The van der Waals surface area contributed by atoms with Gasteiger partial charge >= 0.3 is 11.7 Å². The molecule has 0 aliphatic rings. The predicted molar refractivity (Wildman–Crippen MR) is 87.1 cm³/mol. The van der Waals surface area contributed by atoms with Gasteiger partial charge in [0.15, 0.2) is 17.3 Å². The highest BCUT2D eigenvalue weighted by atomic mass is 16.4. The molecule has 6 N–H and O–H groups in total. The fraction of sp³-hybridized carbons (Fsp3) is 0. The van der Waals surface area contributed by atoms with E-state index in [1.807, 2.05) is 0 Å². The van der Waals surface area contributed by atoms with Crippen LogP contribution in [0.4, 0.5) is 0 Å². The number of aromatic hydroxyl groups is 4. The van der Waals surface area contributed by atoms with E-state index in [0.717, 1.165) is 18.2 Å². The Hall–Kier alpha value is -4.08. The second-order valence-electron chi connectivity index (χ2n) is 5.22. The number of aromatic nitrogens is 3. The van der Waals surface area contributed by atoms with Gasteiger partial charge in [-0.15, -0.1) is 0 Å². The Labute approximate surface area is 144 Å². The Balaban J connectivity index is 2.22. The third-order valence-corrected chi connectivity index (χ3v) is 3.47. The molecule has 0 aliphatic carbocycles. The number of carboxylic acid groups (broad SMARTS) is 1. The number of aromatic carboxylic acids is 1. The minimum atomic E-state index is -1.49. The van der Waals surface area contributed by atoms with Crippen molar-refractivity contribution >= 4 is 5.97 Å². The number of phenols is 4. The molecule has 2 aromatic carbocycles. The molecule has 0 amide bonds. The Bertz CT molecular complexity index is 1090. The second kappa shape index (κ2) is 6.09. The number of aromatic amines is 1. The van der Waals surface area contributed by atoms with Crippen LogP contribution in [0.1, 0.15) is 10.4 Å². The minimum absolute atomic E-state index is 0.0603. The van der Waals surface area contributed by atoms with E-state index < -0.39 is 34.5 Å². The lowest BCUT2D eigenvalue weighted by Crippen LogP contribution is -2.14. The van der Waals surface area contributed by atoms with Crippen molar-refractivity contribution in [2.75, 3.05) is 0 Å². The summed E-state index contributed by atoms with van der Waals surface area (Å²) in [4.78, 5) is 32.9. The van der Waals surface area contributed by atoms with Crippen molar-refractivity contribution in [3.8, 4) is 45.8 Å². The molecule has 0 bridgehead atoms. The van der Waals surface area contributed by atoms with Crippen molar-refractivity contribution in [2.45, 2.75) is 0 Å². The first-order valence-electron chi connectivity index (χ1n) is 7.06. The lowest BCUT2D eigenvalue weighted by molar-refractivity contribution is 0.0693. The summed E-state index contributed by atoms with van der Waals surface area (Å²) in [5, 5.41) is 47.8. The summed E-state index contributed by atoms with van der Waals surface area (Å²) in [6.07, 6.45) is 0. The lowest BCUT2D eigenvalue weighted by atomic mass is 10.1. The number of carbonyl (C=O) groups is 1. The fourth-order valence-corrected chi connectivity index (χ4v) is 2.26. The van der Waals surface area contributed by atoms with E-state index in [1.165, 1.54) is 12.1 Å². The zero-order valence-electron chi connectivity index (χ0n) is 12.8. The molecule has 3 rings (SSSR count). The summed E-state index contributed by atoms with van der Waals surface area (Å²) in [6.45, 7) is 0. The maximum Gasteiger partial charge on any atom is 0.348 e. The van der Waals surface area contributed by atoms with E-state index >= 15 is 0 Å². The number of hydrogen-bond acceptors (Lipinski definition) is 8. The van der Waals surface area contributed by atoms with Crippen molar-refractivity contribution in [3.05, 3.63) is 46.4 Å². The van der Waals surface area contributed by atoms with Gasteiger partial charge in [-0.05, 0) is 30.3 Å². The summed E-state index contributed by atoms with van der Waals surface area (Å²) in [5.41, 5.74) is -1.50. The van der Waals surface area contributed by atoms with E-state index in [0.29, 0.717) is 0 Å². The van der Waals surface area contributed by atoms with Gasteiger partial charge in [-0.1, -0.05) is 0 Å². The highest BCUT2D eigenvalue weighted by Crippen LogP contribution is 2.35. The van der Waals surface area contributed by atoms with Crippen LogP contribution < -0.4 is 5.69 Å². The van der Waals surface area contributed by atoms with E-state index in [1.54, 1.807) is 0 Å². The summed E-state index contributed by atoms with van der Waals surface area (Å²) in [6, 6.07) is 5.53. The average molecular weight is 357 g/mol. The third-order valence-electron chi connectivity index (χ3n) is 3.47. The minimum Gasteiger partial charge on any atom is -0.508 e. The summed E-state index contributed by atoms with van der Waals surface area (Å²) in [7, 11) is 0. The van der Waals surface area contributed by atoms with Crippen molar-refractivity contribution in [1.82, 2.24) is 15.0 Å². The molecule has 26 heavy (non-hydrogen) atoms. The first-order valence-corrected chi connectivity index (χ1v) is 7.06. The van der Waals surface area contributed by atoms with Gasteiger partial charge in [0.2, 0.25) is 0 Å². The van der Waals surface area contributed by atoms with Crippen molar-refractivity contribution in [2.24, 2.45) is 0 Å². The number of benzene rings is 2. The van der Waals surface area contributed by atoms with Crippen LogP contribution in [0, 0.1) is 0 Å². The Morgan fingerprint density at radius 2 is 1.69 bits per heavy atom. The van der Waals surface area contributed by atoms with Crippen LogP contribution >= 0.6 is 0 Å². The summed E-state index contributed by atoms with van der Waals surface area (Å²) < 4.78 is 0. The molecular weight excluding hydrogens is 346 g/mol. The molecule has 0 saturated carbocycles. The molecule has 1 aromatic heterocycles. The van der Waals surface area contributed by atoms with Crippen molar-refractivity contribution in [1.29, 1.82) is 0 Å². The smallest absolute Gasteiger partial charge is 0.348 e. The number of rotatable bonds is 3. The highest BCUT2D eigenvalue weighted by molar-refractivity contribution is 5.94. The molecule has 10 nitrogen and oxygen atoms in total. The summed E-state index contributed by atoms with van der Waals surface area (Å²) >= 11 is 0. The van der Waals surface area contributed by atoms with E-state index in [2.05, 4.69) is 15.0 Å². The normalized spacial score (nSPS) is 10.6. The Morgan fingerprint density at radius 3 is 2.35 bits per heavy atom. The highest BCUT2D eigenvalue weighted by Gasteiger charge is 2.19. The second-order valence-corrected chi connectivity index (χ2v) is 5.22. The van der Waals surface area contributed by atoms with Gasteiger partial charge < -0.3 is 25.5 Å². The van der Waals surface area contributed by atoms with Crippen LogP contribution in [0.2, 0.25) is 0 Å². The van der Waals surface area contributed by atoms with Crippen molar-refractivity contribution < 1.29 is 30.3 Å². The molecule has 132 valence electrons. The SMILES string of the molecule is O=C(O)c1cc(O)cc(-c2nc(-c3ccc(O)c(O)c3)[nH]c(=O)n2)c1O. The maximum atomic E-state index is 11.8. The maximum absolute atomic E-state index is 11.8. The van der Waals surface area contributed by atoms with E-state index in [9.17, 15) is 30.0 Å². The van der Waals surface area contributed by atoms with Crippen LogP contribution in [-0.4, -0.2) is 46.5 Å². The molecule has 0 radical (unpaired) electrons. The van der Waals surface area contributed by atoms with E-state index in [-0.39, 0.29) is 28.5 Å². The number of nitrogens with one attached hydrogen (secondary N) is 1. The van der Waals surface area contributed by atoms with Crippen molar-refractivity contribution in [3.63, 3.8) is 0 Å². The molecule has 0 spiro atoms. The van der Waals surface area contributed by atoms with Crippen LogP contribution in [-0.2, 0) is 0 Å². The van der Waals surface area contributed by atoms with Gasteiger partial charge in [-0.2, -0.15) is 4.98 Å². The molecule has 10 heteroatoms. The molecule has 0 aliphatic heterocycles. The Morgan fingerprint density at radius 1 is 0.962 bits per heavy atom. The van der Waals surface area contributed by atoms with Gasteiger partial charge in [0.25, 0.3) is 0 Å². The molecule has 1 heterocycles. The summed E-state index contributed by atoms with van der Waals surface area (Å²) in [5.74, 6) is -3.91. The molecule has 0 unspecified atom stereocenters. The Kier molecular flexibility index (Phi) is 3.93. The first kappa shape index (κ1) is 16.8. The van der Waals surface area contributed by atoms with E-state index in [4.69, 9.17) is 5.11 Å². The fourth-order valence-electron chi connectivity index (χ4n) is 2.26. The quantitative estimate of drug-likeness (QED) is 0.295. The number of hydrogen-bond donors (Lipinski definition) is 6. The standard InChI is InChI=1S/C16H11N3O7/c20-7-4-8(12(23)9(5-7)15(24)25)14-17-13(18-16(26)19-14)6-1-2-10(21)11(22)3-6/h1-5,20-23H,(H,24,25)(H,17,18,19,26). The number of H-pyrrole nitrogens is 1. The number of phenolic OH excluding ortho intramolecular Hbond substituents is 3. The van der Waals surface area contributed by atoms with Gasteiger partial charge in [0.05, 0.1) is 5.56 Å². The van der Waals surface area contributed by atoms with Gasteiger partial charge in [-0.25, -0.2) is 14.6 Å². The zero-order valence-corrected chi connectivity index (χ0v) is 12.8. The number of carboxylic acids is 1. The van der Waals surface area contributed by atoms with Gasteiger partial charge in [0, 0.05) is 5.56 Å². The molecule has 0 saturated heterocycles. The van der Waals surface area contributed by atoms with Crippen LogP contribution in [0.25, 0.3) is 22.8 Å². The monoisotopic (exact) mass is 357 g/mol. The van der Waals surface area contributed by atoms with Crippen LogP contribution in [0.15, 0.2) is 35.1 Å². The molecule has 0 fully saturated rings. The lowest BCUT2D eigenvalue weighted by Gasteiger charge is -2.09. The predicted octanol–water partition coefficient (Wildman–Crippen LogP) is 1.02. The van der Waals surface area contributed by atoms with Crippen LogP contribution in [0.3, 0.4) is 0 Å². The topological polar surface area (TPSA) is 177 Å². The zero-order chi connectivity index (χ0) is 19.0. The van der Waals surface area contributed by atoms with Gasteiger partial charge in [0.1, 0.15) is 22.9 Å². The molecule has 0 atom stereocenters. The molecule has 3 aromatic rings. The number of nitrogens with zero attached hydrogens (tertiary/aromatic N) is 2.